The van der Waals surface area contributed by atoms with Gasteiger partial charge in [-0.15, -0.1) is 6.58 Å². The molecule has 0 aromatic rings. The van der Waals surface area contributed by atoms with Crippen molar-refractivity contribution in [1.82, 2.24) is 9.80 Å². The van der Waals surface area contributed by atoms with Crippen LogP contribution in [0, 0.1) is 5.92 Å². The molecule has 0 spiro atoms. The zero-order chi connectivity index (χ0) is 14.3. The first-order valence-corrected chi connectivity index (χ1v) is 7.42. The Morgan fingerprint density at radius 2 is 1.89 bits per heavy atom. The van der Waals surface area contributed by atoms with Crippen LogP contribution in [0.3, 0.4) is 0 Å². The van der Waals surface area contributed by atoms with Gasteiger partial charge in [0.15, 0.2) is 0 Å². The van der Waals surface area contributed by atoms with E-state index < -0.39 is 0 Å². The van der Waals surface area contributed by atoms with Crippen molar-refractivity contribution in [2.75, 3.05) is 32.7 Å². The summed E-state index contributed by atoms with van der Waals surface area (Å²) in [6.07, 6.45) is 4.92. The van der Waals surface area contributed by atoms with Gasteiger partial charge in [0.05, 0.1) is 0 Å². The minimum absolute atomic E-state index is 0.129. The number of amides is 1. The van der Waals surface area contributed by atoms with Gasteiger partial charge in [0, 0.05) is 44.7 Å². The minimum atomic E-state index is 0.129. The molecule has 0 aliphatic carbocycles. The number of nitrogens with two attached hydrogens (primary N) is 1. The number of hydrogen-bond donors (Lipinski definition) is 1. The van der Waals surface area contributed by atoms with E-state index in [1.165, 1.54) is 0 Å². The number of rotatable bonds is 7. The van der Waals surface area contributed by atoms with Gasteiger partial charge >= 0.3 is 0 Å². The Kier molecular flexibility index (Phi) is 7.10. The Hall–Kier alpha value is -0.870. The summed E-state index contributed by atoms with van der Waals surface area (Å²) in [6.45, 7) is 12.4. The summed E-state index contributed by atoms with van der Waals surface area (Å²) in [5, 5.41) is 0. The summed E-state index contributed by atoms with van der Waals surface area (Å²) in [6, 6.07) is 0.241. The molecular weight excluding hydrogens is 238 g/mol. The van der Waals surface area contributed by atoms with Crippen molar-refractivity contribution in [3.8, 4) is 0 Å². The van der Waals surface area contributed by atoms with Crippen molar-refractivity contribution in [3.63, 3.8) is 0 Å². The van der Waals surface area contributed by atoms with E-state index >= 15 is 0 Å². The molecule has 0 radical (unpaired) electrons. The summed E-state index contributed by atoms with van der Waals surface area (Å²) in [7, 11) is 0. The molecule has 4 heteroatoms. The Morgan fingerprint density at radius 1 is 1.26 bits per heavy atom. The van der Waals surface area contributed by atoms with E-state index in [1.54, 1.807) is 0 Å². The van der Waals surface area contributed by atoms with Crippen LogP contribution in [0.15, 0.2) is 12.7 Å². The molecular formula is C15H29N3O. The molecule has 19 heavy (non-hydrogen) atoms. The number of carbonyl (C=O) groups excluding carboxylic acids is 1. The smallest absolute Gasteiger partial charge is 0.225 e. The Balaban J connectivity index is 2.27. The van der Waals surface area contributed by atoms with E-state index in [4.69, 9.17) is 5.73 Å². The summed E-state index contributed by atoms with van der Waals surface area (Å²) in [5.74, 6) is 0.438. The molecule has 0 bridgehead atoms. The first-order chi connectivity index (χ1) is 9.04. The zero-order valence-electron chi connectivity index (χ0n) is 12.5. The van der Waals surface area contributed by atoms with Crippen molar-refractivity contribution < 1.29 is 4.79 Å². The van der Waals surface area contributed by atoms with Gasteiger partial charge in [-0.1, -0.05) is 19.4 Å². The molecule has 0 aromatic carbocycles. The zero-order valence-corrected chi connectivity index (χ0v) is 12.5. The Bertz CT molecular complexity index is 283. The molecule has 0 saturated carbocycles. The Morgan fingerprint density at radius 3 is 2.42 bits per heavy atom. The molecule has 2 atom stereocenters. The maximum atomic E-state index is 12.3. The van der Waals surface area contributed by atoms with Gasteiger partial charge in [-0.05, 0) is 19.8 Å². The molecule has 1 aliphatic heterocycles. The van der Waals surface area contributed by atoms with Gasteiger partial charge in [-0.2, -0.15) is 0 Å². The van der Waals surface area contributed by atoms with E-state index in [0.29, 0.717) is 5.91 Å². The SMILES string of the molecule is C=CCN1CCN(C(=O)C(C)CCCC(C)N)CC1. The third kappa shape index (κ3) is 5.74. The normalized spacial score (nSPS) is 20.1. The van der Waals surface area contributed by atoms with Crippen LogP contribution in [0.2, 0.25) is 0 Å². The van der Waals surface area contributed by atoms with Crippen molar-refractivity contribution >= 4 is 5.91 Å². The van der Waals surface area contributed by atoms with E-state index in [0.717, 1.165) is 52.0 Å². The Labute approximate surface area is 117 Å². The lowest BCUT2D eigenvalue weighted by Gasteiger charge is -2.35. The maximum absolute atomic E-state index is 12.3. The van der Waals surface area contributed by atoms with Gasteiger partial charge in [-0.25, -0.2) is 0 Å². The van der Waals surface area contributed by atoms with Crippen LogP contribution in [-0.4, -0.2) is 54.5 Å². The molecule has 1 rings (SSSR count). The first-order valence-electron chi connectivity index (χ1n) is 7.42. The fourth-order valence-electron chi connectivity index (χ4n) is 2.51. The summed E-state index contributed by atoms with van der Waals surface area (Å²) in [5.41, 5.74) is 5.73. The first kappa shape index (κ1) is 16.2. The minimum Gasteiger partial charge on any atom is -0.340 e. The van der Waals surface area contributed by atoms with Crippen LogP contribution >= 0.6 is 0 Å². The fourth-order valence-corrected chi connectivity index (χ4v) is 2.51. The third-order valence-corrected chi connectivity index (χ3v) is 3.79. The van der Waals surface area contributed by atoms with Gasteiger partial charge in [0.25, 0.3) is 0 Å². The summed E-state index contributed by atoms with van der Waals surface area (Å²) < 4.78 is 0. The molecule has 1 saturated heterocycles. The second-order valence-electron chi connectivity index (χ2n) is 5.72. The van der Waals surface area contributed by atoms with Crippen molar-refractivity contribution in [2.45, 2.75) is 39.2 Å². The standard InChI is InChI=1S/C15H29N3O/c1-4-8-17-9-11-18(12-10-17)15(19)13(2)6-5-7-14(3)16/h4,13-14H,1,5-12,16H2,2-3H3. The highest BCUT2D eigenvalue weighted by Gasteiger charge is 2.24. The summed E-state index contributed by atoms with van der Waals surface area (Å²) in [4.78, 5) is 16.6. The molecule has 1 amide bonds. The molecule has 2 N–H and O–H groups in total. The molecule has 0 aromatic heterocycles. The van der Waals surface area contributed by atoms with Crippen molar-refractivity contribution in [2.24, 2.45) is 11.7 Å². The second-order valence-corrected chi connectivity index (χ2v) is 5.72. The predicted octanol–water partition coefficient (Wildman–Crippen LogP) is 1.47. The lowest BCUT2D eigenvalue weighted by Crippen LogP contribution is -2.50. The molecule has 4 nitrogen and oxygen atoms in total. The molecule has 110 valence electrons. The van der Waals surface area contributed by atoms with Crippen molar-refractivity contribution in [3.05, 3.63) is 12.7 Å². The molecule has 1 aliphatic rings. The fraction of sp³-hybridized carbons (Fsp3) is 0.800. The highest BCUT2D eigenvalue weighted by Crippen LogP contribution is 2.14. The van der Waals surface area contributed by atoms with Crippen LogP contribution < -0.4 is 5.73 Å². The van der Waals surface area contributed by atoms with Gasteiger partial charge in [0.2, 0.25) is 5.91 Å². The van der Waals surface area contributed by atoms with Gasteiger partial charge in [0.1, 0.15) is 0 Å². The largest absolute Gasteiger partial charge is 0.340 e. The van der Waals surface area contributed by atoms with Crippen LogP contribution in [0.25, 0.3) is 0 Å². The monoisotopic (exact) mass is 267 g/mol. The highest BCUT2D eigenvalue weighted by atomic mass is 16.2. The average Bonchev–Trinajstić information content (AvgIpc) is 2.38. The topological polar surface area (TPSA) is 49.6 Å². The number of piperazine rings is 1. The quantitative estimate of drug-likeness (QED) is 0.711. The van der Waals surface area contributed by atoms with E-state index in [1.807, 2.05) is 24.8 Å². The van der Waals surface area contributed by atoms with E-state index in [2.05, 4.69) is 11.5 Å². The van der Waals surface area contributed by atoms with E-state index in [-0.39, 0.29) is 12.0 Å². The molecule has 2 unspecified atom stereocenters. The second kappa shape index (κ2) is 8.33. The number of carbonyl (C=O) groups is 1. The van der Waals surface area contributed by atoms with Gasteiger partial charge in [-0.3, -0.25) is 9.69 Å². The van der Waals surface area contributed by atoms with Crippen LogP contribution in [0.4, 0.5) is 0 Å². The highest BCUT2D eigenvalue weighted by molar-refractivity contribution is 5.78. The molecule has 1 fully saturated rings. The lowest BCUT2D eigenvalue weighted by molar-refractivity contribution is -0.136. The third-order valence-electron chi connectivity index (χ3n) is 3.79. The maximum Gasteiger partial charge on any atom is 0.225 e. The average molecular weight is 267 g/mol. The van der Waals surface area contributed by atoms with Crippen LogP contribution in [0.1, 0.15) is 33.1 Å². The van der Waals surface area contributed by atoms with Gasteiger partial charge < -0.3 is 10.6 Å². The number of nitrogens with zero attached hydrogens (tertiary/aromatic N) is 2. The molecule has 1 heterocycles. The van der Waals surface area contributed by atoms with Crippen LogP contribution in [-0.2, 0) is 4.79 Å². The lowest BCUT2D eigenvalue weighted by atomic mass is 10.0. The van der Waals surface area contributed by atoms with E-state index in [9.17, 15) is 4.79 Å². The summed E-state index contributed by atoms with van der Waals surface area (Å²) >= 11 is 0. The number of hydrogen-bond acceptors (Lipinski definition) is 3. The predicted molar refractivity (Wildman–Crippen MR) is 79.9 cm³/mol. The van der Waals surface area contributed by atoms with Crippen LogP contribution in [0.5, 0.6) is 0 Å². The van der Waals surface area contributed by atoms with Crippen molar-refractivity contribution in [1.29, 1.82) is 0 Å².